The third kappa shape index (κ3) is 5.74. The van der Waals surface area contributed by atoms with Crippen molar-refractivity contribution in [2.24, 2.45) is 5.14 Å². The molecule has 1 atom stereocenters. The Labute approximate surface area is 181 Å². The number of primary sulfonamides is 1. The van der Waals surface area contributed by atoms with E-state index in [2.05, 4.69) is 5.32 Å². The van der Waals surface area contributed by atoms with Crippen LogP contribution in [0.25, 0.3) is 0 Å². The number of hydrogen-bond donors (Lipinski definition) is 3. The molecule has 0 bridgehead atoms. The van der Waals surface area contributed by atoms with E-state index >= 15 is 0 Å². The fourth-order valence-electron chi connectivity index (χ4n) is 2.35. The van der Waals surface area contributed by atoms with E-state index in [-0.39, 0.29) is 31.3 Å². The molecule has 0 saturated heterocycles. The monoisotopic (exact) mass is 480 g/mol. The Morgan fingerprint density at radius 1 is 1.17 bits per heavy atom. The molecule has 0 aliphatic carbocycles. The van der Waals surface area contributed by atoms with Crippen molar-refractivity contribution in [2.75, 3.05) is 6.61 Å². The fraction of sp³-hybridized carbons (Fsp3) is 0.176. The molecule has 0 aromatic heterocycles. The van der Waals surface area contributed by atoms with Crippen molar-refractivity contribution in [2.45, 2.75) is 17.9 Å². The van der Waals surface area contributed by atoms with Crippen molar-refractivity contribution >= 4 is 56.7 Å². The first kappa shape index (κ1) is 23.2. The van der Waals surface area contributed by atoms with Crippen LogP contribution in [-0.4, -0.2) is 32.0 Å². The summed E-state index contributed by atoms with van der Waals surface area (Å²) in [4.78, 5) is 22.7. The molecule has 1 amide bonds. The van der Waals surface area contributed by atoms with Gasteiger partial charge in [-0.2, -0.15) is 0 Å². The van der Waals surface area contributed by atoms with E-state index in [9.17, 15) is 18.0 Å². The number of rotatable bonds is 7. The van der Waals surface area contributed by atoms with Crippen LogP contribution >= 0.6 is 34.8 Å². The van der Waals surface area contributed by atoms with Gasteiger partial charge in [-0.25, -0.2) is 18.4 Å². The highest BCUT2D eigenvalue weighted by atomic mass is 35.5. The van der Waals surface area contributed by atoms with Crippen molar-refractivity contribution in [1.29, 1.82) is 0 Å². The standard InChI is InChI=1S/C17H15Cl3N2O6S/c1-8(10-3-5-12(16(20)15(10)19)28-7-14(23)24)22-17(25)9-2-4-11(18)13(6-9)29(21,26)27/h2-6,8H,7H2,1H3,(H,22,25)(H,23,24)(H2,21,26,27)/t8-/m1/s1. The van der Waals surface area contributed by atoms with Crippen molar-refractivity contribution in [3.63, 3.8) is 0 Å². The van der Waals surface area contributed by atoms with Gasteiger partial charge in [-0.1, -0.05) is 40.9 Å². The maximum Gasteiger partial charge on any atom is 0.341 e. The normalized spacial score (nSPS) is 12.3. The summed E-state index contributed by atoms with van der Waals surface area (Å²) < 4.78 is 28.2. The van der Waals surface area contributed by atoms with Gasteiger partial charge in [0, 0.05) is 5.56 Å². The first-order valence-corrected chi connectivity index (χ1v) is 10.6. The van der Waals surface area contributed by atoms with Gasteiger partial charge in [-0.15, -0.1) is 0 Å². The van der Waals surface area contributed by atoms with Gasteiger partial charge in [-0.3, -0.25) is 4.79 Å². The zero-order valence-corrected chi connectivity index (χ0v) is 17.9. The number of benzene rings is 2. The van der Waals surface area contributed by atoms with E-state index in [0.717, 1.165) is 6.07 Å². The number of amides is 1. The molecule has 2 aromatic rings. The van der Waals surface area contributed by atoms with Crippen molar-refractivity contribution in [3.8, 4) is 5.75 Å². The van der Waals surface area contributed by atoms with E-state index in [0.29, 0.717) is 5.56 Å². The molecule has 0 radical (unpaired) electrons. The Morgan fingerprint density at radius 2 is 1.83 bits per heavy atom. The maximum absolute atomic E-state index is 12.5. The lowest BCUT2D eigenvalue weighted by atomic mass is 10.1. The van der Waals surface area contributed by atoms with Crippen LogP contribution in [0.5, 0.6) is 5.75 Å². The number of nitrogens with one attached hydrogen (secondary N) is 1. The second-order valence-corrected chi connectivity index (χ2v) is 8.54. The third-order valence-electron chi connectivity index (χ3n) is 3.74. The lowest BCUT2D eigenvalue weighted by Crippen LogP contribution is -2.27. The van der Waals surface area contributed by atoms with Crippen LogP contribution in [-0.2, 0) is 14.8 Å². The Balaban J connectivity index is 2.24. The van der Waals surface area contributed by atoms with E-state index in [1.165, 1.54) is 24.3 Å². The SMILES string of the molecule is C[C@@H](NC(=O)c1ccc(Cl)c(S(N)(=O)=O)c1)c1ccc(OCC(=O)O)c(Cl)c1Cl. The first-order valence-electron chi connectivity index (χ1n) is 7.87. The molecule has 0 aliphatic heterocycles. The quantitative estimate of drug-likeness (QED) is 0.555. The molecule has 8 nitrogen and oxygen atoms in total. The van der Waals surface area contributed by atoms with Gasteiger partial charge >= 0.3 is 5.97 Å². The third-order valence-corrected chi connectivity index (χ3v) is 6.01. The Hall–Kier alpha value is -2.04. The number of halogens is 3. The smallest absolute Gasteiger partial charge is 0.341 e. The highest BCUT2D eigenvalue weighted by Gasteiger charge is 2.20. The van der Waals surface area contributed by atoms with Gasteiger partial charge in [0.1, 0.15) is 15.7 Å². The van der Waals surface area contributed by atoms with E-state index in [1.807, 2.05) is 0 Å². The van der Waals surface area contributed by atoms with Gasteiger partial charge in [0.15, 0.2) is 6.61 Å². The van der Waals surface area contributed by atoms with Crippen LogP contribution < -0.4 is 15.2 Å². The van der Waals surface area contributed by atoms with Crippen molar-refractivity contribution < 1.29 is 27.9 Å². The highest BCUT2D eigenvalue weighted by Crippen LogP contribution is 2.37. The van der Waals surface area contributed by atoms with Crippen molar-refractivity contribution in [1.82, 2.24) is 5.32 Å². The molecule has 0 saturated carbocycles. The van der Waals surface area contributed by atoms with Gasteiger partial charge in [-0.05, 0) is 36.8 Å². The molecule has 0 spiro atoms. The minimum atomic E-state index is -4.11. The molecular formula is C17H15Cl3N2O6S. The highest BCUT2D eigenvalue weighted by molar-refractivity contribution is 7.89. The molecule has 0 heterocycles. The molecule has 0 fully saturated rings. The Kier molecular flexibility index (Phi) is 7.36. The van der Waals surface area contributed by atoms with Crippen LogP contribution in [0.1, 0.15) is 28.9 Å². The molecule has 12 heteroatoms. The lowest BCUT2D eigenvalue weighted by molar-refractivity contribution is -0.139. The first-order chi connectivity index (χ1) is 13.4. The lowest BCUT2D eigenvalue weighted by Gasteiger charge is -2.18. The number of nitrogens with two attached hydrogens (primary N) is 1. The molecule has 156 valence electrons. The van der Waals surface area contributed by atoms with Crippen molar-refractivity contribution in [3.05, 3.63) is 56.5 Å². The molecule has 2 rings (SSSR count). The number of aliphatic carboxylic acids is 1. The fourth-order valence-corrected chi connectivity index (χ4v) is 3.97. The second kappa shape index (κ2) is 9.19. The molecule has 0 unspecified atom stereocenters. The molecule has 4 N–H and O–H groups in total. The summed E-state index contributed by atoms with van der Waals surface area (Å²) in [6, 6.07) is 5.98. The Morgan fingerprint density at radius 3 is 2.41 bits per heavy atom. The largest absolute Gasteiger partial charge is 0.480 e. The summed E-state index contributed by atoms with van der Waals surface area (Å²) in [6.45, 7) is 1.04. The number of carboxylic acids is 1. The van der Waals surface area contributed by atoms with Gasteiger partial charge in [0.05, 0.1) is 16.1 Å². The number of sulfonamides is 1. The van der Waals surface area contributed by atoms with Gasteiger partial charge in [0.2, 0.25) is 10.0 Å². The average Bonchev–Trinajstić information content (AvgIpc) is 2.62. The topological polar surface area (TPSA) is 136 Å². The van der Waals surface area contributed by atoms with Crippen LogP contribution in [0.4, 0.5) is 0 Å². The predicted octanol–water partition coefficient (Wildman–Crippen LogP) is 3.25. The summed E-state index contributed by atoms with van der Waals surface area (Å²) in [6.07, 6.45) is 0. The van der Waals surface area contributed by atoms with Crippen LogP contribution in [0.2, 0.25) is 15.1 Å². The molecule has 2 aromatic carbocycles. The number of carboxylic acid groups (broad SMARTS) is 1. The van der Waals surface area contributed by atoms with E-state index < -0.39 is 34.5 Å². The molecule has 0 aliphatic rings. The van der Waals surface area contributed by atoms with Crippen LogP contribution in [0.15, 0.2) is 35.2 Å². The second-order valence-electron chi connectivity index (χ2n) is 5.85. The Bertz CT molecular complexity index is 1080. The summed E-state index contributed by atoms with van der Waals surface area (Å²) in [5, 5.41) is 16.4. The van der Waals surface area contributed by atoms with Crippen LogP contribution in [0.3, 0.4) is 0 Å². The number of hydrogen-bond acceptors (Lipinski definition) is 5. The average molecular weight is 482 g/mol. The molecular weight excluding hydrogens is 467 g/mol. The van der Waals surface area contributed by atoms with Gasteiger partial charge in [0.25, 0.3) is 5.91 Å². The van der Waals surface area contributed by atoms with Crippen LogP contribution in [0, 0.1) is 0 Å². The summed E-state index contributed by atoms with van der Waals surface area (Å²) in [5.41, 5.74) is 0.460. The number of carbonyl (C=O) groups is 2. The van der Waals surface area contributed by atoms with E-state index in [4.69, 9.17) is 49.8 Å². The summed E-state index contributed by atoms with van der Waals surface area (Å²) in [7, 11) is -4.11. The maximum atomic E-state index is 12.5. The summed E-state index contributed by atoms with van der Waals surface area (Å²) >= 11 is 18.1. The van der Waals surface area contributed by atoms with E-state index in [1.54, 1.807) is 6.92 Å². The predicted molar refractivity (Wildman–Crippen MR) is 108 cm³/mol. The van der Waals surface area contributed by atoms with Gasteiger partial charge < -0.3 is 15.2 Å². The zero-order valence-electron chi connectivity index (χ0n) is 14.8. The minimum absolute atomic E-state index is 0.00507. The summed E-state index contributed by atoms with van der Waals surface area (Å²) in [5.74, 6) is -1.70. The molecule has 29 heavy (non-hydrogen) atoms. The minimum Gasteiger partial charge on any atom is -0.480 e. The number of carbonyl (C=O) groups excluding carboxylic acids is 1. The zero-order chi connectivity index (χ0) is 21.9. The number of ether oxygens (including phenoxy) is 1.